The van der Waals surface area contributed by atoms with Crippen LogP contribution in [0.25, 0.3) is 0 Å². The predicted molar refractivity (Wildman–Crippen MR) is 25.0 cm³/mol. The van der Waals surface area contributed by atoms with Crippen molar-refractivity contribution < 1.29 is 0 Å². The summed E-state index contributed by atoms with van der Waals surface area (Å²) >= 11 is 0. The lowest BCUT2D eigenvalue weighted by atomic mass is 10.8. The molecule has 5 nitrogen and oxygen atoms in total. The first-order valence-corrected chi connectivity index (χ1v) is 1.66. The van der Waals surface area contributed by atoms with Gasteiger partial charge < -0.3 is 5.73 Å². The van der Waals surface area contributed by atoms with Crippen molar-refractivity contribution in [2.24, 2.45) is 5.73 Å². The van der Waals surface area contributed by atoms with Crippen molar-refractivity contribution >= 4 is 5.96 Å². The topological polar surface area (TPSA) is 101 Å². The van der Waals surface area contributed by atoms with Gasteiger partial charge in [0, 0.05) is 0 Å². The highest BCUT2D eigenvalue weighted by Gasteiger charge is 1.98. The van der Waals surface area contributed by atoms with Gasteiger partial charge >= 0.3 is 0 Å². The van der Waals surface area contributed by atoms with E-state index < -0.39 is 5.96 Å². The number of nitrogens with zero attached hydrogens (tertiary/aromatic N) is 3. The summed E-state index contributed by atoms with van der Waals surface area (Å²) in [7, 11) is 0. The lowest BCUT2D eigenvalue weighted by Crippen LogP contribution is -2.27. The fraction of sp³-hybridized carbons (Fsp3) is 0. The fourth-order valence-electron chi connectivity index (χ4n) is 0.130. The molecule has 5 heteroatoms. The van der Waals surface area contributed by atoms with Crippen molar-refractivity contribution in [3.63, 3.8) is 0 Å². The van der Waals surface area contributed by atoms with Gasteiger partial charge in [0.15, 0.2) is 0 Å². The van der Waals surface area contributed by atoms with Crippen LogP contribution in [0.1, 0.15) is 0 Å². The molecule has 0 aliphatic carbocycles. The molecule has 0 aromatic carbocycles. The van der Waals surface area contributed by atoms with Gasteiger partial charge in [0.1, 0.15) is 0 Å². The number of hydrogen-bond acceptors (Lipinski definition) is 3. The molecule has 0 saturated carbocycles. The van der Waals surface area contributed by atoms with Crippen LogP contribution in [0.15, 0.2) is 0 Å². The SMILES string of the molecule is N#CN(C#N)C(=N)N. The summed E-state index contributed by atoms with van der Waals surface area (Å²) in [6.45, 7) is 0. The van der Waals surface area contributed by atoms with Crippen molar-refractivity contribution in [1.29, 1.82) is 15.9 Å². The van der Waals surface area contributed by atoms with Crippen LogP contribution < -0.4 is 5.73 Å². The van der Waals surface area contributed by atoms with Crippen molar-refractivity contribution in [1.82, 2.24) is 4.90 Å². The van der Waals surface area contributed by atoms with Crippen molar-refractivity contribution in [3.8, 4) is 12.4 Å². The Bertz CT molecular complexity index is 155. The molecule has 0 fully saturated rings. The zero-order valence-corrected chi connectivity index (χ0v) is 3.92. The molecule has 8 heavy (non-hydrogen) atoms. The number of nitrogens with two attached hydrogens (primary N) is 1. The van der Waals surface area contributed by atoms with Crippen LogP contribution in [0.4, 0.5) is 0 Å². The third-order valence-electron chi connectivity index (χ3n) is 0.441. The van der Waals surface area contributed by atoms with Gasteiger partial charge in [0.2, 0.25) is 18.3 Å². The molecule has 0 aliphatic heterocycles. The van der Waals surface area contributed by atoms with Crippen molar-refractivity contribution in [2.45, 2.75) is 0 Å². The summed E-state index contributed by atoms with van der Waals surface area (Å²) in [5, 5.41) is 22.4. The second-order valence-corrected chi connectivity index (χ2v) is 0.921. The Labute approximate surface area is 46.0 Å². The molecule has 0 aromatic rings. The van der Waals surface area contributed by atoms with Crippen molar-refractivity contribution in [3.05, 3.63) is 0 Å². The molecule has 0 heterocycles. The molecule has 40 valence electrons. The third-order valence-corrected chi connectivity index (χ3v) is 0.441. The van der Waals surface area contributed by atoms with E-state index in [4.69, 9.17) is 21.7 Å². The van der Waals surface area contributed by atoms with Crippen LogP contribution in [0, 0.1) is 28.3 Å². The summed E-state index contributed by atoms with van der Waals surface area (Å²) in [5.74, 6) is -0.560. The molecule has 0 rings (SSSR count). The van der Waals surface area contributed by atoms with Gasteiger partial charge in [-0.2, -0.15) is 10.5 Å². The normalized spacial score (nSPS) is 6.25. The maximum atomic E-state index is 7.93. The molecule has 3 N–H and O–H groups in total. The van der Waals surface area contributed by atoms with Crippen LogP contribution in [0.5, 0.6) is 0 Å². The summed E-state index contributed by atoms with van der Waals surface area (Å²) in [6.07, 6.45) is 2.75. The minimum atomic E-state index is -0.560. The molecule has 0 aliphatic rings. The Morgan fingerprint density at radius 2 is 1.88 bits per heavy atom. The quantitative estimate of drug-likeness (QED) is 0.183. The second kappa shape index (κ2) is 2.43. The van der Waals surface area contributed by atoms with Crippen LogP contribution in [-0.2, 0) is 0 Å². The molecule has 0 unspecified atom stereocenters. The van der Waals surface area contributed by atoms with Crippen LogP contribution in [0.2, 0.25) is 0 Å². The van der Waals surface area contributed by atoms with Crippen LogP contribution in [0.3, 0.4) is 0 Å². The zero-order chi connectivity index (χ0) is 6.57. The molecule has 0 radical (unpaired) electrons. The van der Waals surface area contributed by atoms with E-state index in [-0.39, 0.29) is 0 Å². The Kier molecular flexibility index (Phi) is 1.90. The molecule has 0 amide bonds. The minimum absolute atomic E-state index is 0.389. The van der Waals surface area contributed by atoms with Gasteiger partial charge in [0.25, 0.3) is 0 Å². The average molecular weight is 109 g/mol. The van der Waals surface area contributed by atoms with Gasteiger partial charge in [-0.05, 0) is 0 Å². The number of guanidine groups is 1. The number of nitrogens with one attached hydrogen (secondary N) is 1. The Morgan fingerprint density at radius 1 is 1.50 bits per heavy atom. The predicted octanol–water partition coefficient (Wildman–Crippen LogP) is -0.856. The third kappa shape index (κ3) is 1.15. The zero-order valence-electron chi connectivity index (χ0n) is 3.92. The highest BCUT2D eigenvalue weighted by molar-refractivity contribution is 5.77. The Balaban J connectivity index is 4.02. The lowest BCUT2D eigenvalue weighted by Gasteiger charge is -1.96. The van der Waals surface area contributed by atoms with Gasteiger partial charge in [-0.15, -0.1) is 4.90 Å². The Hall–Kier alpha value is -1.75. The van der Waals surface area contributed by atoms with E-state index >= 15 is 0 Å². The number of hydrogen-bond donors (Lipinski definition) is 2. The number of nitriles is 2. The number of rotatable bonds is 0. The molecule has 0 aromatic heterocycles. The molecule has 0 atom stereocenters. The first kappa shape index (κ1) is 6.25. The van der Waals surface area contributed by atoms with Gasteiger partial charge in [-0.25, -0.2) is 0 Å². The van der Waals surface area contributed by atoms with E-state index in [1.54, 1.807) is 0 Å². The highest BCUT2D eigenvalue weighted by atomic mass is 15.2. The Morgan fingerprint density at radius 3 is 1.88 bits per heavy atom. The summed E-state index contributed by atoms with van der Waals surface area (Å²) in [4.78, 5) is 0.389. The molecular weight excluding hydrogens is 106 g/mol. The molecule has 0 bridgehead atoms. The molecule has 0 saturated heterocycles. The molecule has 0 spiro atoms. The van der Waals surface area contributed by atoms with Gasteiger partial charge in [-0.1, -0.05) is 0 Å². The van der Waals surface area contributed by atoms with Gasteiger partial charge in [0.05, 0.1) is 0 Å². The first-order chi connectivity index (χ1) is 3.72. The minimum Gasteiger partial charge on any atom is -0.368 e. The highest BCUT2D eigenvalue weighted by Crippen LogP contribution is 1.73. The summed E-state index contributed by atoms with van der Waals surface area (Å²) in [5.41, 5.74) is 4.72. The lowest BCUT2D eigenvalue weighted by molar-refractivity contribution is 0.784. The van der Waals surface area contributed by atoms with E-state index in [1.165, 1.54) is 12.4 Å². The first-order valence-electron chi connectivity index (χ1n) is 1.66. The van der Waals surface area contributed by atoms with Crippen LogP contribution >= 0.6 is 0 Å². The largest absolute Gasteiger partial charge is 0.368 e. The fourth-order valence-corrected chi connectivity index (χ4v) is 0.130. The summed E-state index contributed by atoms with van der Waals surface area (Å²) in [6, 6.07) is 0. The van der Waals surface area contributed by atoms with Crippen molar-refractivity contribution in [2.75, 3.05) is 0 Å². The van der Waals surface area contributed by atoms with E-state index in [2.05, 4.69) is 0 Å². The van der Waals surface area contributed by atoms with E-state index in [1.807, 2.05) is 0 Å². The van der Waals surface area contributed by atoms with E-state index in [0.717, 1.165) is 0 Å². The van der Waals surface area contributed by atoms with Gasteiger partial charge in [-0.3, -0.25) is 5.41 Å². The molecular formula is C3H3N5. The van der Waals surface area contributed by atoms with E-state index in [0.29, 0.717) is 4.90 Å². The van der Waals surface area contributed by atoms with Crippen LogP contribution in [-0.4, -0.2) is 10.9 Å². The standard InChI is InChI=1S/C3H3N5/c4-1-8(2-5)3(6)7/h(H3,6,7). The summed E-state index contributed by atoms with van der Waals surface area (Å²) < 4.78 is 0. The van der Waals surface area contributed by atoms with E-state index in [9.17, 15) is 0 Å². The maximum Gasteiger partial charge on any atom is 0.216 e. The monoisotopic (exact) mass is 109 g/mol. The average Bonchev–Trinajstić information content (AvgIpc) is 1.69. The second-order valence-electron chi connectivity index (χ2n) is 0.921. The maximum absolute atomic E-state index is 7.93. The smallest absolute Gasteiger partial charge is 0.216 e.